The van der Waals surface area contributed by atoms with Gasteiger partial charge in [0, 0.05) is 43.9 Å². The molecule has 2 aromatic heterocycles. The maximum atomic E-state index is 12.2. The van der Waals surface area contributed by atoms with Crippen LogP contribution < -0.4 is 5.32 Å². The number of pyridine rings is 1. The van der Waals surface area contributed by atoms with Crippen molar-refractivity contribution in [3.05, 3.63) is 48.8 Å². The first-order valence-electron chi connectivity index (χ1n) is 6.55. The fourth-order valence-corrected chi connectivity index (χ4v) is 2.32. The zero-order valence-corrected chi connectivity index (χ0v) is 10.9. The van der Waals surface area contributed by atoms with Gasteiger partial charge in [-0.2, -0.15) is 0 Å². The van der Waals surface area contributed by atoms with Gasteiger partial charge in [0.1, 0.15) is 5.69 Å². The first-order chi connectivity index (χ1) is 9.83. The van der Waals surface area contributed by atoms with Crippen molar-refractivity contribution in [3.63, 3.8) is 0 Å². The Morgan fingerprint density at radius 1 is 1.25 bits per heavy atom. The van der Waals surface area contributed by atoms with Gasteiger partial charge >= 0.3 is 0 Å². The standard InChI is InChI=1S/C14H15N5O/c20-14(13-9-16-5-6-17-13)19-7-3-12(10-19)18-11-2-1-4-15-8-11/h1-2,4-6,8-9,12,18H,3,7,10H2. The van der Waals surface area contributed by atoms with Crippen LogP contribution in [0.25, 0.3) is 0 Å². The van der Waals surface area contributed by atoms with Crippen LogP contribution in [-0.4, -0.2) is 44.9 Å². The summed E-state index contributed by atoms with van der Waals surface area (Å²) < 4.78 is 0. The lowest BCUT2D eigenvalue weighted by Gasteiger charge is -2.17. The van der Waals surface area contributed by atoms with Crippen LogP contribution in [0.2, 0.25) is 0 Å². The van der Waals surface area contributed by atoms with Gasteiger partial charge < -0.3 is 10.2 Å². The third-order valence-electron chi connectivity index (χ3n) is 3.29. The molecule has 20 heavy (non-hydrogen) atoms. The van der Waals surface area contributed by atoms with Gasteiger partial charge in [-0.05, 0) is 18.6 Å². The Morgan fingerprint density at radius 3 is 2.90 bits per heavy atom. The normalized spacial score (nSPS) is 18.0. The molecule has 0 bridgehead atoms. The molecule has 1 fully saturated rings. The Morgan fingerprint density at radius 2 is 2.15 bits per heavy atom. The molecule has 1 aliphatic heterocycles. The molecule has 1 saturated heterocycles. The molecule has 102 valence electrons. The zero-order chi connectivity index (χ0) is 13.8. The Labute approximate surface area is 116 Å². The molecular weight excluding hydrogens is 254 g/mol. The molecule has 3 heterocycles. The molecule has 1 atom stereocenters. The van der Waals surface area contributed by atoms with E-state index in [9.17, 15) is 4.79 Å². The molecule has 1 aliphatic rings. The van der Waals surface area contributed by atoms with E-state index >= 15 is 0 Å². The highest BCUT2D eigenvalue weighted by atomic mass is 16.2. The molecule has 1 unspecified atom stereocenters. The Kier molecular flexibility index (Phi) is 3.54. The second-order valence-corrected chi connectivity index (χ2v) is 4.71. The summed E-state index contributed by atoms with van der Waals surface area (Å²) in [7, 11) is 0. The van der Waals surface area contributed by atoms with Crippen LogP contribution >= 0.6 is 0 Å². The number of hydrogen-bond acceptors (Lipinski definition) is 5. The van der Waals surface area contributed by atoms with Crippen molar-refractivity contribution in [3.8, 4) is 0 Å². The number of carbonyl (C=O) groups is 1. The molecule has 0 aliphatic carbocycles. The fourth-order valence-electron chi connectivity index (χ4n) is 2.32. The number of nitrogens with one attached hydrogen (secondary N) is 1. The van der Waals surface area contributed by atoms with Gasteiger partial charge in [-0.25, -0.2) is 4.98 Å². The largest absolute Gasteiger partial charge is 0.379 e. The Bertz CT molecular complexity index is 575. The monoisotopic (exact) mass is 269 g/mol. The molecule has 3 rings (SSSR count). The van der Waals surface area contributed by atoms with Crippen molar-refractivity contribution in [2.45, 2.75) is 12.5 Å². The summed E-state index contributed by atoms with van der Waals surface area (Å²) in [6.45, 7) is 1.40. The van der Waals surface area contributed by atoms with Crippen LogP contribution in [0.4, 0.5) is 5.69 Å². The smallest absolute Gasteiger partial charge is 0.274 e. The van der Waals surface area contributed by atoms with Crippen molar-refractivity contribution in [2.75, 3.05) is 18.4 Å². The summed E-state index contributed by atoms with van der Waals surface area (Å²) in [5.74, 6) is -0.0615. The highest BCUT2D eigenvalue weighted by molar-refractivity contribution is 5.92. The molecular formula is C14H15N5O. The van der Waals surface area contributed by atoms with E-state index in [0.29, 0.717) is 12.2 Å². The number of amides is 1. The van der Waals surface area contributed by atoms with E-state index in [1.54, 1.807) is 23.5 Å². The summed E-state index contributed by atoms with van der Waals surface area (Å²) in [4.78, 5) is 26.1. The SMILES string of the molecule is O=C(c1cnccn1)N1CCC(Nc2cccnc2)C1. The number of rotatable bonds is 3. The minimum atomic E-state index is -0.0615. The van der Waals surface area contributed by atoms with Crippen LogP contribution in [0.15, 0.2) is 43.1 Å². The lowest BCUT2D eigenvalue weighted by atomic mass is 10.2. The van der Waals surface area contributed by atoms with Gasteiger partial charge in [0.2, 0.25) is 0 Å². The number of likely N-dealkylation sites (tertiary alicyclic amines) is 1. The molecule has 2 aromatic rings. The molecule has 6 nitrogen and oxygen atoms in total. The van der Waals surface area contributed by atoms with Crippen molar-refractivity contribution < 1.29 is 4.79 Å². The van der Waals surface area contributed by atoms with Gasteiger partial charge in [0.05, 0.1) is 11.9 Å². The second kappa shape index (κ2) is 5.64. The third-order valence-corrected chi connectivity index (χ3v) is 3.29. The van der Waals surface area contributed by atoms with Gasteiger partial charge in [0.25, 0.3) is 5.91 Å². The van der Waals surface area contributed by atoms with E-state index in [1.165, 1.54) is 12.4 Å². The van der Waals surface area contributed by atoms with E-state index in [1.807, 2.05) is 12.1 Å². The minimum Gasteiger partial charge on any atom is -0.379 e. The fraction of sp³-hybridized carbons (Fsp3) is 0.286. The Hall–Kier alpha value is -2.50. The van der Waals surface area contributed by atoms with Crippen LogP contribution in [0.5, 0.6) is 0 Å². The first-order valence-corrected chi connectivity index (χ1v) is 6.55. The predicted molar refractivity (Wildman–Crippen MR) is 74.2 cm³/mol. The lowest BCUT2D eigenvalue weighted by Crippen LogP contribution is -2.32. The van der Waals surface area contributed by atoms with Crippen LogP contribution in [-0.2, 0) is 0 Å². The molecule has 6 heteroatoms. The molecule has 1 amide bonds. The topological polar surface area (TPSA) is 71.0 Å². The summed E-state index contributed by atoms with van der Waals surface area (Å²) in [5.41, 5.74) is 1.38. The van der Waals surface area contributed by atoms with Crippen molar-refractivity contribution in [2.24, 2.45) is 0 Å². The number of nitrogens with zero attached hydrogens (tertiary/aromatic N) is 4. The average Bonchev–Trinajstić information content (AvgIpc) is 2.97. The maximum Gasteiger partial charge on any atom is 0.274 e. The van der Waals surface area contributed by atoms with Crippen molar-refractivity contribution >= 4 is 11.6 Å². The van der Waals surface area contributed by atoms with Crippen LogP contribution in [0, 0.1) is 0 Å². The number of carbonyl (C=O) groups excluding carboxylic acids is 1. The van der Waals surface area contributed by atoms with Crippen LogP contribution in [0.1, 0.15) is 16.9 Å². The van der Waals surface area contributed by atoms with Crippen molar-refractivity contribution in [1.29, 1.82) is 0 Å². The minimum absolute atomic E-state index is 0.0615. The van der Waals surface area contributed by atoms with E-state index in [0.717, 1.165) is 18.7 Å². The molecule has 0 saturated carbocycles. The third kappa shape index (κ3) is 2.74. The predicted octanol–water partition coefficient (Wildman–Crippen LogP) is 1.20. The van der Waals surface area contributed by atoms with Crippen molar-refractivity contribution in [1.82, 2.24) is 19.9 Å². The van der Waals surface area contributed by atoms with Gasteiger partial charge in [-0.15, -0.1) is 0 Å². The highest BCUT2D eigenvalue weighted by Gasteiger charge is 2.27. The van der Waals surface area contributed by atoms with Gasteiger partial charge in [0.15, 0.2) is 0 Å². The highest BCUT2D eigenvalue weighted by Crippen LogP contribution is 2.16. The Balaban J connectivity index is 1.61. The van der Waals surface area contributed by atoms with Crippen LogP contribution in [0.3, 0.4) is 0 Å². The average molecular weight is 269 g/mol. The summed E-state index contributed by atoms with van der Waals surface area (Å²) in [5, 5.41) is 3.38. The first kappa shape index (κ1) is 12.5. The quantitative estimate of drug-likeness (QED) is 0.906. The molecule has 0 aromatic carbocycles. The van der Waals surface area contributed by atoms with E-state index in [-0.39, 0.29) is 11.9 Å². The zero-order valence-electron chi connectivity index (χ0n) is 10.9. The number of anilines is 1. The number of hydrogen-bond donors (Lipinski definition) is 1. The second-order valence-electron chi connectivity index (χ2n) is 4.71. The lowest BCUT2D eigenvalue weighted by molar-refractivity contribution is 0.0785. The maximum absolute atomic E-state index is 12.2. The van der Waals surface area contributed by atoms with E-state index in [4.69, 9.17) is 0 Å². The molecule has 1 N–H and O–H groups in total. The number of aromatic nitrogens is 3. The summed E-state index contributed by atoms with van der Waals surface area (Å²) in [6.07, 6.45) is 9.05. The van der Waals surface area contributed by atoms with Gasteiger partial charge in [-0.1, -0.05) is 0 Å². The molecule has 0 radical (unpaired) electrons. The van der Waals surface area contributed by atoms with E-state index in [2.05, 4.69) is 20.3 Å². The summed E-state index contributed by atoms with van der Waals surface area (Å²) >= 11 is 0. The summed E-state index contributed by atoms with van der Waals surface area (Å²) in [6, 6.07) is 4.11. The van der Waals surface area contributed by atoms with Gasteiger partial charge in [-0.3, -0.25) is 14.8 Å². The van der Waals surface area contributed by atoms with E-state index < -0.39 is 0 Å². The molecule has 0 spiro atoms.